The van der Waals surface area contributed by atoms with Gasteiger partial charge in [-0.3, -0.25) is 0 Å². The molecule has 0 amide bonds. The van der Waals surface area contributed by atoms with E-state index in [2.05, 4.69) is 31.4 Å². The van der Waals surface area contributed by atoms with Gasteiger partial charge in [0.05, 0.1) is 0 Å². The fourth-order valence-electron chi connectivity index (χ4n) is 1.41. The standard InChI is InChI=1S/C12H28N2O/c1-11(2)9-14-8-7-13-6-5-12(3)10-15-4/h11-14H,5-10H2,1-4H3. The summed E-state index contributed by atoms with van der Waals surface area (Å²) in [6.45, 7) is 11.9. The number of nitrogens with one attached hydrogen (secondary N) is 2. The van der Waals surface area contributed by atoms with Gasteiger partial charge in [-0.05, 0) is 31.3 Å². The van der Waals surface area contributed by atoms with Gasteiger partial charge in [0.25, 0.3) is 0 Å². The van der Waals surface area contributed by atoms with E-state index in [9.17, 15) is 0 Å². The molecule has 0 fully saturated rings. The first-order valence-electron chi connectivity index (χ1n) is 6.07. The lowest BCUT2D eigenvalue weighted by Gasteiger charge is -2.11. The molecule has 0 rings (SSSR count). The Balaban J connectivity index is 3.04. The van der Waals surface area contributed by atoms with Gasteiger partial charge >= 0.3 is 0 Å². The molecule has 3 nitrogen and oxygen atoms in total. The maximum Gasteiger partial charge on any atom is 0.0488 e. The Kier molecular flexibility index (Phi) is 10.3. The minimum absolute atomic E-state index is 0.658. The minimum atomic E-state index is 0.658. The molecule has 3 heteroatoms. The maximum absolute atomic E-state index is 5.09. The third kappa shape index (κ3) is 11.8. The number of methoxy groups -OCH3 is 1. The van der Waals surface area contributed by atoms with Crippen LogP contribution in [0, 0.1) is 11.8 Å². The first kappa shape index (κ1) is 14.9. The fraction of sp³-hybridized carbons (Fsp3) is 1.00. The van der Waals surface area contributed by atoms with E-state index in [0.717, 1.165) is 38.7 Å². The van der Waals surface area contributed by atoms with Crippen molar-refractivity contribution in [2.75, 3.05) is 39.9 Å². The Morgan fingerprint density at radius 1 is 1.00 bits per heavy atom. The smallest absolute Gasteiger partial charge is 0.0488 e. The molecule has 0 radical (unpaired) electrons. The molecule has 0 aromatic carbocycles. The molecule has 0 aliphatic carbocycles. The Hall–Kier alpha value is -0.120. The maximum atomic E-state index is 5.09. The van der Waals surface area contributed by atoms with Crippen LogP contribution in [0.3, 0.4) is 0 Å². The lowest BCUT2D eigenvalue weighted by molar-refractivity contribution is 0.155. The lowest BCUT2D eigenvalue weighted by atomic mass is 10.1. The zero-order chi connectivity index (χ0) is 11.5. The minimum Gasteiger partial charge on any atom is -0.384 e. The van der Waals surface area contributed by atoms with E-state index >= 15 is 0 Å². The highest BCUT2D eigenvalue weighted by Crippen LogP contribution is 1.99. The molecule has 0 saturated carbocycles. The van der Waals surface area contributed by atoms with Gasteiger partial charge in [0.1, 0.15) is 0 Å². The molecule has 0 bridgehead atoms. The molecule has 0 spiro atoms. The summed E-state index contributed by atoms with van der Waals surface area (Å²) in [6, 6.07) is 0. The van der Waals surface area contributed by atoms with Crippen LogP contribution in [0.5, 0.6) is 0 Å². The van der Waals surface area contributed by atoms with Crippen LogP contribution in [0.15, 0.2) is 0 Å². The number of hydrogen-bond acceptors (Lipinski definition) is 3. The molecule has 1 unspecified atom stereocenters. The lowest BCUT2D eigenvalue weighted by Crippen LogP contribution is -2.30. The van der Waals surface area contributed by atoms with E-state index in [1.165, 1.54) is 6.42 Å². The summed E-state index contributed by atoms with van der Waals surface area (Å²) in [5, 5.41) is 6.84. The zero-order valence-corrected chi connectivity index (χ0v) is 10.8. The van der Waals surface area contributed by atoms with Crippen molar-refractivity contribution >= 4 is 0 Å². The second kappa shape index (κ2) is 10.4. The predicted molar refractivity (Wildman–Crippen MR) is 66.2 cm³/mol. The van der Waals surface area contributed by atoms with Gasteiger partial charge in [-0.25, -0.2) is 0 Å². The van der Waals surface area contributed by atoms with Gasteiger partial charge in [-0.2, -0.15) is 0 Å². The molecule has 1 atom stereocenters. The van der Waals surface area contributed by atoms with Crippen LogP contribution in [0.1, 0.15) is 27.2 Å². The third-order valence-electron chi connectivity index (χ3n) is 2.30. The highest BCUT2D eigenvalue weighted by Gasteiger charge is 1.99. The summed E-state index contributed by atoms with van der Waals surface area (Å²) in [7, 11) is 1.76. The largest absolute Gasteiger partial charge is 0.384 e. The Labute approximate surface area is 95.0 Å². The molecule has 0 aromatic heterocycles. The van der Waals surface area contributed by atoms with Gasteiger partial charge in [-0.1, -0.05) is 20.8 Å². The topological polar surface area (TPSA) is 33.3 Å². The Bertz CT molecular complexity index is 129. The van der Waals surface area contributed by atoms with Gasteiger partial charge in [0, 0.05) is 26.8 Å². The summed E-state index contributed by atoms with van der Waals surface area (Å²) in [5.74, 6) is 1.40. The van der Waals surface area contributed by atoms with Crippen molar-refractivity contribution in [2.45, 2.75) is 27.2 Å². The fourth-order valence-corrected chi connectivity index (χ4v) is 1.41. The normalized spacial score (nSPS) is 13.4. The molecular formula is C12H28N2O. The van der Waals surface area contributed by atoms with E-state index in [-0.39, 0.29) is 0 Å². The van der Waals surface area contributed by atoms with Crippen LogP contribution in [0.25, 0.3) is 0 Å². The van der Waals surface area contributed by atoms with Crippen molar-refractivity contribution in [1.82, 2.24) is 10.6 Å². The van der Waals surface area contributed by atoms with Gasteiger partial charge < -0.3 is 15.4 Å². The summed E-state index contributed by atoms with van der Waals surface area (Å²) in [5.41, 5.74) is 0. The van der Waals surface area contributed by atoms with Crippen LogP contribution in [-0.2, 0) is 4.74 Å². The van der Waals surface area contributed by atoms with E-state index in [1.807, 2.05) is 0 Å². The summed E-state index contributed by atoms with van der Waals surface area (Å²) < 4.78 is 5.09. The highest BCUT2D eigenvalue weighted by molar-refractivity contribution is 4.57. The first-order valence-corrected chi connectivity index (χ1v) is 6.07. The Morgan fingerprint density at radius 3 is 2.27 bits per heavy atom. The predicted octanol–water partition coefficient (Wildman–Crippen LogP) is 1.49. The second-order valence-electron chi connectivity index (χ2n) is 4.70. The third-order valence-corrected chi connectivity index (χ3v) is 2.30. The zero-order valence-electron chi connectivity index (χ0n) is 10.8. The first-order chi connectivity index (χ1) is 7.16. The van der Waals surface area contributed by atoms with E-state index < -0.39 is 0 Å². The summed E-state index contributed by atoms with van der Waals surface area (Å²) in [6.07, 6.45) is 1.19. The van der Waals surface area contributed by atoms with Crippen LogP contribution < -0.4 is 10.6 Å². The quantitative estimate of drug-likeness (QED) is 0.543. The highest BCUT2D eigenvalue weighted by atomic mass is 16.5. The van der Waals surface area contributed by atoms with Crippen LogP contribution in [0.4, 0.5) is 0 Å². The number of ether oxygens (including phenoxy) is 1. The summed E-state index contributed by atoms with van der Waals surface area (Å²) in [4.78, 5) is 0. The van der Waals surface area contributed by atoms with Crippen LogP contribution >= 0.6 is 0 Å². The molecule has 0 aliphatic heterocycles. The average molecular weight is 216 g/mol. The molecule has 2 N–H and O–H groups in total. The van der Waals surface area contributed by atoms with Gasteiger partial charge in [0.2, 0.25) is 0 Å². The monoisotopic (exact) mass is 216 g/mol. The molecule has 0 saturated heterocycles. The molecule has 92 valence electrons. The van der Waals surface area contributed by atoms with E-state index in [0.29, 0.717) is 5.92 Å². The van der Waals surface area contributed by atoms with Crippen molar-refractivity contribution < 1.29 is 4.74 Å². The SMILES string of the molecule is COCC(C)CCNCCNCC(C)C. The van der Waals surface area contributed by atoms with E-state index in [4.69, 9.17) is 4.74 Å². The van der Waals surface area contributed by atoms with Crippen molar-refractivity contribution in [3.05, 3.63) is 0 Å². The average Bonchev–Trinajstić information content (AvgIpc) is 2.16. The van der Waals surface area contributed by atoms with Crippen LogP contribution in [-0.4, -0.2) is 39.9 Å². The van der Waals surface area contributed by atoms with Gasteiger partial charge in [0.15, 0.2) is 0 Å². The summed E-state index contributed by atoms with van der Waals surface area (Å²) >= 11 is 0. The molecule has 0 aromatic rings. The van der Waals surface area contributed by atoms with Crippen molar-refractivity contribution in [1.29, 1.82) is 0 Å². The molecule has 0 heterocycles. The van der Waals surface area contributed by atoms with Crippen LogP contribution in [0.2, 0.25) is 0 Å². The van der Waals surface area contributed by atoms with E-state index in [1.54, 1.807) is 7.11 Å². The van der Waals surface area contributed by atoms with Crippen molar-refractivity contribution in [3.63, 3.8) is 0 Å². The van der Waals surface area contributed by atoms with Gasteiger partial charge in [-0.15, -0.1) is 0 Å². The molecule has 15 heavy (non-hydrogen) atoms. The second-order valence-corrected chi connectivity index (χ2v) is 4.70. The number of hydrogen-bond donors (Lipinski definition) is 2. The number of rotatable bonds is 10. The molecular weight excluding hydrogens is 188 g/mol. The van der Waals surface area contributed by atoms with Crippen molar-refractivity contribution in [3.8, 4) is 0 Å². The van der Waals surface area contributed by atoms with Crippen molar-refractivity contribution in [2.24, 2.45) is 11.8 Å². The Morgan fingerprint density at radius 2 is 1.67 bits per heavy atom. The molecule has 0 aliphatic rings.